The molecule has 0 bridgehead atoms. The normalized spacial score (nSPS) is 11.3. The van der Waals surface area contributed by atoms with Crippen molar-refractivity contribution in [3.05, 3.63) is 217 Å². The molecule has 2 N–H and O–H groups in total. The molecular weight excluding hydrogens is 901 g/mol. The van der Waals surface area contributed by atoms with Crippen LogP contribution in [0.5, 0.6) is 0 Å². The number of anilines is 2. The van der Waals surface area contributed by atoms with Gasteiger partial charge in [-0.1, -0.05) is 103 Å². The predicted octanol–water partition coefficient (Wildman–Crippen LogP) is 10.4. The average Bonchev–Trinajstić information content (AvgIpc) is 4.26. The van der Waals surface area contributed by atoms with Crippen LogP contribution in [0.4, 0.5) is 11.4 Å². The number of hydrogen-bond acceptors (Lipinski definition) is 10. The zero-order chi connectivity index (χ0) is 48.7. The van der Waals surface area contributed by atoms with Crippen LogP contribution < -0.4 is 10.6 Å². The van der Waals surface area contributed by atoms with Crippen LogP contribution in [0.3, 0.4) is 0 Å². The molecule has 16 heteroatoms. The van der Waals surface area contributed by atoms with Crippen molar-refractivity contribution in [3.63, 3.8) is 0 Å². The van der Waals surface area contributed by atoms with Gasteiger partial charge in [-0.25, -0.2) is 18.7 Å². The van der Waals surface area contributed by atoms with E-state index in [0.717, 1.165) is 39.2 Å². The first-order valence-electron chi connectivity index (χ1n) is 23.0. The van der Waals surface area contributed by atoms with Crippen molar-refractivity contribution in [2.75, 3.05) is 10.6 Å². The summed E-state index contributed by atoms with van der Waals surface area (Å²) < 4.78 is 6.95. The van der Waals surface area contributed by atoms with E-state index in [1.165, 1.54) is 0 Å². The number of nitrogens with zero attached hydrogens (tertiary/aromatic N) is 12. The summed E-state index contributed by atoms with van der Waals surface area (Å²) in [4.78, 5) is 28.8. The fourth-order valence-electron chi connectivity index (χ4n) is 8.78. The van der Waals surface area contributed by atoms with E-state index in [1.54, 1.807) is 21.8 Å². The van der Waals surface area contributed by atoms with Crippen molar-refractivity contribution in [3.8, 4) is 56.5 Å². The van der Waals surface area contributed by atoms with Gasteiger partial charge in [0.25, 0.3) is 11.8 Å². The molecule has 0 saturated heterocycles. The first kappa shape index (κ1) is 43.1. The van der Waals surface area contributed by atoms with E-state index in [4.69, 9.17) is 30.6 Å². The first-order valence-corrected chi connectivity index (χ1v) is 23.0. The Morgan fingerprint density at radius 3 is 1.38 bits per heavy atom. The summed E-state index contributed by atoms with van der Waals surface area (Å²) in [5.41, 5.74) is 10.0. The molecule has 0 aliphatic carbocycles. The van der Waals surface area contributed by atoms with Gasteiger partial charge < -0.3 is 10.6 Å². The number of fused-ring (bicyclic) bond motifs is 2. The van der Waals surface area contributed by atoms with Gasteiger partial charge in [0.1, 0.15) is 28.1 Å². The van der Waals surface area contributed by atoms with Crippen molar-refractivity contribution < 1.29 is 9.59 Å². The summed E-state index contributed by atoms with van der Waals surface area (Å²) in [5, 5.41) is 46.3. The Morgan fingerprint density at radius 2 is 0.861 bits per heavy atom. The Bertz CT molecular complexity index is 3960. The summed E-state index contributed by atoms with van der Waals surface area (Å²) in [6.45, 7) is 3.84. The molecule has 0 fully saturated rings. The third-order valence-corrected chi connectivity index (χ3v) is 12.3. The smallest absolute Gasteiger partial charge is 0.276 e. The van der Waals surface area contributed by atoms with Gasteiger partial charge in [-0.15, -0.1) is 15.3 Å². The minimum atomic E-state index is -0.455. The van der Waals surface area contributed by atoms with Crippen LogP contribution in [0.15, 0.2) is 195 Å². The lowest BCUT2D eigenvalue weighted by Crippen LogP contribution is -2.15. The zero-order valence-corrected chi connectivity index (χ0v) is 38.7. The van der Waals surface area contributed by atoms with E-state index in [-0.39, 0.29) is 11.4 Å². The van der Waals surface area contributed by atoms with E-state index >= 15 is 0 Å². The Balaban J connectivity index is 1.04. The van der Waals surface area contributed by atoms with Crippen LogP contribution in [-0.2, 0) is 0 Å². The standard InChI is InChI=1S/C56H40N14O2/c1-35-48-44(32-67(63-48)40-22-12-5-13-23-40)49(60-59-35)37-28-30-43(31-29-37)70-36(2)47-50(45-33-68(41-24-14-6-15-25-41)64-52(45)55(71)57-38-18-8-3-9-19-38)61-62-51(54(47)66-70)46-34-69(42-26-16-7-17-27-42)65-53(46)56(72)58-39-20-10-4-11-21-39/h3-34H,1-2H3,(H,57,71)(H,58,72). The van der Waals surface area contributed by atoms with Gasteiger partial charge in [-0.05, 0) is 86.6 Å². The molecule has 0 aliphatic heterocycles. The van der Waals surface area contributed by atoms with Gasteiger partial charge in [0.15, 0.2) is 11.4 Å². The minimum Gasteiger partial charge on any atom is -0.321 e. The largest absolute Gasteiger partial charge is 0.321 e. The number of carbonyl (C=O) groups excluding carboxylic acids is 2. The van der Waals surface area contributed by atoms with Crippen molar-refractivity contribution >= 4 is 45.0 Å². The molecule has 72 heavy (non-hydrogen) atoms. The van der Waals surface area contributed by atoms with Gasteiger partial charge in [-0.2, -0.15) is 25.5 Å². The number of rotatable bonds is 11. The minimum absolute atomic E-state index is 0.101. The summed E-state index contributed by atoms with van der Waals surface area (Å²) in [7, 11) is 0. The SMILES string of the molecule is Cc1nnc(-c2ccc(-n3nc4c(-c5cn(-c6ccccc6)nc5C(=O)Nc5ccccc5)nnc(-c5cn(-c6ccccc6)nc5C(=O)Nc5ccccc5)c4c3C)cc2)c2cn(-c3ccccc3)nc12. The fourth-order valence-corrected chi connectivity index (χ4v) is 8.78. The van der Waals surface area contributed by atoms with Crippen LogP contribution in [-0.4, -0.2) is 71.3 Å². The molecule has 6 aromatic carbocycles. The number of benzene rings is 6. The predicted molar refractivity (Wildman–Crippen MR) is 276 cm³/mol. The highest BCUT2D eigenvalue weighted by molar-refractivity contribution is 6.12. The second-order valence-corrected chi connectivity index (χ2v) is 17.0. The third-order valence-electron chi connectivity index (χ3n) is 12.3. The Kier molecular flexibility index (Phi) is 10.8. The van der Waals surface area contributed by atoms with Gasteiger partial charge in [-0.3, -0.25) is 9.59 Å². The van der Waals surface area contributed by atoms with Gasteiger partial charge >= 0.3 is 0 Å². The van der Waals surface area contributed by atoms with Crippen LogP contribution in [0, 0.1) is 13.8 Å². The lowest BCUT2D eigenvalue weighted by Gasteiger charge is -2.08. The number of para-hydroxylation sites is 5. The Morgan fingerprint density at radius 1 is 0.417 bits per heavy atom. The van der Waals surface area contributed by atoms with Gasteiger partial charge in [0.2, 0.25) is 0 Å². The van der Waals surface area contributed by atoms with Crippen LogP contribution in [0.2, 0.25) is 0 Å². The topological polar surface area (TPSA) is 181 Å². The molecule has 6 aromatic heterocycles. The van der Waals surface area contributed by atoms with Crippen molar-refractivity contribution in [2.24, 2.45) is 0 Å². The Hall–Kier alpha value is -10.2. The summed E-state index contributed by atoms with van der Waals surface area (Å²) >= 11 is 0. The molecule has 6 heterocycles. The summed E-state index contributed by atoms with van der Waals surface area (Å²) in [5.74, 6) is -0.902. The van der Waals surface area contributed by atoms with E-state index in [0.29, 0.717) is 61.9 Å². The number of carbonyl (C=O) groups is 2. The highest BCUT2D eigenvalue weighted by atomic mass is 16.2. The molecule has 0 saturated carbocycles. The van der Waals surface area contributed by atoms with E-state index in [9.17, 15) is 9.59 Å². The number of amides is 2. The van der Waals surface area contributed by atoms with E-state index < -0.39 is 11.8 Å². The third kappa shape index (κ3) is 7.89. The second-order valence-electron chi connectivity index (χ2n) is 17.0. The summed E-state index contributed by atoms with van der Waals surface area (Å²) in [6, 6.07) is 55.2. The van der Waals surface area contributed by atoms with Crippen molar-refractivity contribution in [2.45, 2.75) is 13.8 Å². The van der Waals surface area contributed by atoms with E-state index in [1.807, 2.05) is 205 Å². The maximum Gasteiger partial charge on any atom is 0.276 e. The molecule has 346 valence electrons. The maximum absolute atomic E-state index is 14.4. The monoisotopic (exact) mass is 940 g/mol. The van der Waals surface area contributed by atoms with Crippen LogP contribution in [0.1, 0.15) is 32.4 Å². The quantitative estimate of drug-likeness (QED) is 0.127. The highest BCUT2D eigenvalue weighted by Gasteiger charge is 2.30. The molecule has 0 radical (unpaired) electrons. The number of aryl methyl sites for hydroxylation is 2. The lowest BCUT2D eigenvalue weighted by molar-refractivity contribution is 0.101. The molecule has 0 unspecified atom stereocenters. The molecule has 16 nitrogen and oxygen atoms in total. The molecule has 0 atom stereocenters. The van der Waals surface area contributed by atoms with Crippen molar-refractivity contribution in [1.82, 2.24) is 59.5 Å². The number of nitrogens with one attached hydrogen (secondary N) is 2. The van der Waals surface area contributed by atoms with Crippen LogP contribution in [0.25, 0.3) is 78.3 Å². The molecular formula is C56H40N14O2. The highest BCUT2D eigenvalue weighted by Crippen LogP contribution is 2.39. The summed E-state index contributed by atoms with van der Waals surface area (Å²) in [6.07, 6.45) is 5.52. The van der Waals surface area contributed by atoms with Crippen molar-refractivity contribution in [1.29, 1.82) is 0 Å². The zero-order valence-electron chi connectivity index (χ0n) is 38.7. The second kappa shape index (κ2) is 18.0. The number of hydrogen-bond donors (Lipinski definition) is 2. The first-order chi connectivity index (χ1) is 35.3. The Labute approximate surface area is 410 Å². The molecule has 0 aliphatic rings. The van der Waals surface area contributed by atoms with Gasteiger partial charge in [0.05, 0.1) is 56.0 Å². The molecule has 12 rings (SSSR count). The molecule has 12 aromatic rings. The average molecular weight is 941 g/mol. The molecule has 2 amide bonds. The van der Waals surface area contributed by atoms with E-state index in [2.05, 4.69) is 20.8 Å². The fraction of sp³-hybridized carbons (Fsp3) is 0.0357. The lowest BCUT2D eigenvalue weighted by atomic mass is 10.0. The molecule has 0 spiro atoms. The number of aromatic nitrogens is 12. The van der Waals surface area contributed by atoms with Crippen LogP contribution >= 0.6 is 0 Å². The van der Waals surface area contributed by atoms with Gasteiger partial charge in [0, 0.05) is 35.5 Å². The maximum atomic E-state index is 14.4.